The zero-order valence-corrected chi connectivity index (χ0v) is 13.0. The van der Waals surface area contributed by atoms with Crippen molar-refractivity contribution in [3.8, 4) is 0 Å². The Labute approximate surface area is 132 Å². The van der Waals surface area contributed by atoms with E-state index in [-0.39, 0.29) is 27.6 Å². The molecule has 0 saturated heterocycles. The average Bonchev–Trinajstić information content (AvgIpc) is 2.53. The van der Waals surface area contributed by atoms with Gasteiger partial charge in [0, 0.05) is 11.8 Å². The highest BCUT2D eigenvalue weighted by Gasteiger charge is 2.48. The molecule has 0 radical (unpaired) electrons. The minimum Gasteiger partial charge on any atom is -0.503 e. The summed E-state index contributed by atoms with van der Waals surface area (Å²) < 4.78 is 25.3. The number of sulfonamides is 1. The number of carbonyl (C=O) groups excluding carboxylic acids is 1. The van der Waals surface area contributed by atoms with Crippen LogP contribution in [0.5, 0.6) is 0 Å². The third kappa shape index (κ3) is 2.03. The van der Waals surface area contributed by atoms with Gasteiger partial charge in [0.1, 0.15) is 10.5 Å². The van der Waals surface area contributed by atoms with Crippen molar-refractivity contribution in [2.75, 3.05) is 7.05 Å². The van der Waals surface area contributed by atoms with Crippen molar-refractivity contribution in [2.45, 2.75) is 4.90 Å². The summed E-state index contributed by atoms with van der Waals surface area (Å²) in [6.07, 6.45) is 2.50. The molecule has 1 unspecified atom stereocenters. The minimum absolute atomic E-state index is 0.0259. The Hall–Kier alpha value is -2.71. The van der Waals surface area contributed by atoms with Crippen LogP contribution in [0.15, 0.2) is 53.7 Å². The van der Waals surface area contributed by atoms with Crippen molar-refractivity contribution in [2.24, 2.45) is 5.73 Å². The molecule has 7 nitrogen and oxygen atoms in total. The number of aliphatic hydroxyl groups excluding tert-OH is 1. The lowest BCUT2D eigenvalue weighted by atomic mass is 10.2. The van der Waals surface area contributed by atoms with Gasteiger partial charge in [-0.15, -0.1) is 3.89 Å². The molecule has 1 amide bonds. The normalized spacial score (nSPS) is 22.0. The van der Waals surface area contributed by atoms with Crippen molar-refractivity contribution in [1.82, 2.24) is 8.87 Å². The number of nitrogens with zero attached hydrogens (tertiary/aromatic N) is 2. The fourth-order valence-electron chi connectivity index (χ4n) is 2.60. The molecule has 0 saturated carbocycles. The first-order valence-electron chi connectivity index (χ1n) is 6.67. The number of hydrogen-bond donors (Lipinski definition) is 2. The maximum absolute atomic E-state index is 13.1. The monoisotopic (exact) mass is 332 g/mol. The van der Waals surface area contributed by atoms with Gasteiger partial charge in [0.15, 0.2) is 12.0 Å². The molecule has 1 aliphatic rings. The van der Waals surface area contributed by atoms with Crippen LogP contribution >= 0.6 is 0 Å². The van der Waals surface area contributed by atoms with Gasteiger partial charge < -0.3 is 10.8 Å². The highest BCUT2D eigenvalue weighted by Crippen LogP contribution is 2.39. The number of rotatable bonds is 2. The number of fused-ring (bicyclic) bond motifs is 1. The number of hydrogen-bond acceptors (Lipinski definition) is 5. The van der Waals surface area contributed by atoms with E-state index in [1.165, 1.54) is 37.5 Å². The molecule has 0 aliphatic carbocycles. The summed E-state index contributed by atoms with van der Waals surface area (Å²) in [5, 5.41) is 10.3. The van der Waals surface area contributed by atoms with Gasteiger partial charge in [-0.05, 0) is 24.3 Å². The van der Waals surface area contributed by atoms with Crippen LogP contribution < -0.4 is 9.62 Å². The molecule has 1 aliphatic heterocycles. The second-order valence-corrected chi connectivity index (χ2v) is 7.36. The molecule has 0 spiro atoms. The molecule has 3 N–H and O–H groups in total. The van der Waals surface area contributed by atoms with Crippen LogP contribution in [0.25, 0.3) is 5.76 Å². The van der Waals surface area contributed by atoms with Crippen molar-refractivity contribution in [3.63, 3.8) is 0 Å². The standard InChI is InChI=1S/C15H13N3O4S/c1-18(15-11(14(16)20)6-4-8-17-15)9-12(19)10-5-2-3-7-13(10)23(18,21)22/h2-9H,1H3,(H2-,16,19,20)/p+1. The maximum Gasteiger partial charge on any atom is 0.338 e. The molecule has 1 aromatic carbocycles. The number of carbonyl (C=O) groups is 1. The summed E-state index contributed by atoms with van der Waals surface area (Å²) >= 11 is 0. The molecule has 118 valence electrons. The largest absolute Gasteiger partial charge is 0.503 e. The van der Waals surface area contributed by atoms with E-state index in [0.29, 0.717) is 0 Å². The fraction of sp³-hybridized carbons (Fsp3) is 0.0667. The number of amides is 1. The number of benzene rings is 1. The Morgan fingerprint density at radius 1 is 1.22 bits per heavy atom. The molecular formula is C15H14N3O4S+. The van der Waals surface area contributed by atoms with E-state index in [2.05, 4.69) is 4.98 Å². The molecule has 0 bridgehead atoms. The first-order valence-corrected chi connectivity index (χ1v) is 8.11. The summed E-state index contributed by atoms with van der Waals surface area (Å²) in [7, 11) is -2.66. The van der Waals surface area contributed by atoms with E-state index in [1.54, 1.807) is 12.1 Å². The van der Waals surface area contributed by atoms with E-state index in [9.17, 15) is 18.3 Å². The molecule has 1 aromatic heterocycles. The zero-order chi connectivity index (χ0) is 16.8. The van der Waals surface area contributed by atoms with Gasteiger partial charge in [-0.1, -0.05) is 12.1 Å². The van der Waals surface area contributed by atoms with Crippen molar-refractivity contribution in [1.29, 1.82) is 0 Å². The lowest BCUT2D eigenvalue weighted by molar-refractivity contribution is 0.0999. The van der Waals surface area contributed by atoms with Gasteiger partial charge in [0.2, 0.25) is 0 Å². The Morgan fingerprint density at radius 2 is 1.91 bits per heavy atom. The lowest BCUT2D eigenvalue weighted by Crippen LogP contribution is -2.49. The van der Waals surface area contributed by atoms with Gasteiger partial charge in [-0.25, -0.2) is 4.98 Å². The summed E-state index contributed by atoms with van der Waals surface area (Å²) in [6, 6.07) is 8.99. The van der Waals surface area contributed by atoms with E-state index in [4.69, 9.17) is 5.73 Å². The third-order valence-electron chi connectivity index (χ3n) is 3.78. The van der Waals surface area contributed by atoms with Gasteiger partial charge in [-0.3, -0.25) is 4.79 Å². The molecule has 2 aromatic rings. The molecule has 23 heavy (non-hydrogen) atoms. The number of nitrogens with two attached hydrogens (primary N) is 1. The highest BCUT2D eigenvalue weighted by molar-refractivity contribution is 7.91. The van der Waals surface area contributed by atoms with E-state index >= 15 is 0 Å². The van der Waals surface area contributed by atoms with Gasteiger partial charge in [0.25, 0.3) is 11.7 Å². The van der Waals surface area contributed by atoms with Crippen LogP contribution in [0.2, 0.25) is 0 Å². The number of aliphatic hydroxyl groups is 1. The molecule has 0 fully saturated rings. The number of primary amides is 1. The van der Waals surface area contributed by atoms with Crippen LogP contribution in [-0.2, 0) is 10.0 Å². The number of quaternary nitrogens is 1. The van der Waals surface area contributed by atoms with Crippen LogP contribution in [0, 0.1) is 0 Å². The second-order valence-electron chi connectivity index (χ2n) is 5.21. The summed E-state index contributed by atoms with van der Waals surface area (Å²) in [6.45, 7) is 0. The predicted octanol–water partition coefficient (Wildman–Crippen LogP) is 1.38. The van der Waals surface area contributed by atoms with Crippen LogP contribution in [0.4, 0.5) is 5.82 Å². The number of aromatic nitrogens is 1. The van der Waals surface area contributed by atoms with Crippen molar-refractivity contribution < 1.29 is 18.3 Å². The quantitative estimate of drug-likeness (QED) is 0.807. The van der Waals surface area contributed by atoms with Crippen molar-refractivity contribution in [3.05, 3.63) is 59.9 Å². The average molecular weight is 332 g/mol. The van der Waals surface area contributed by atoms with E-state index < -0.39 is 19.8 Å². The van der Waals surface area contributed by atoms with Crippen LogP contribution in [0.3, 0.4) is 0 Å². The molecule has 2 heterocycles. The summed E-state index contributed by atoms with van der Waals surface area (Å²) in [4.78, 5) is 15.6. The van der Waals surface area contributed by atoms with Crippen LogP contribution in [0.1, 0.15) is 15.9 Å². The number of pyridine rings is 1. The van der Waals surface area contributed by atoms with E-state index in [1.807, 2.05) is 0 Å². The van der Waals surface area contributed by atoms with Gasteiger partial charge in [0.05, 0.1) is 7.05 Å². The SMILES string of the molecule is C[N+]1(c2ncccc2C(N)=O)C=C(O)c2ccccc2S1(=O)=O. The first kappa shape index (κ1) is 15.2. The van der Waals surface area contributed by atoms with Crippen molar-refractivity contribution >= 4 is 27.5 Å². The minimum atomic E-state index is -3.99. The Kier molecular flexibility index (Phi) is 3.24. The molecular weight excluding hydrogens is 318 g/mol. The Morgan fingerprint density at radius 3 is 2.61 bits per heavy atom. The van der Waals surface area contributed by atoms with Gasteiger partial charge >= 0.3 is 10.0 Å². The first-order chi connectivity index (χ1) is 10.8. The van der Waals surface area contributed by atoms with Gasteiger partial charge in [-0.2, -0.15) is 8.42 Å². The lowest BCUT2D eigenvalue weighted by Gasteiger charge is -2.31. The Balaban J connectivity index is 2.37. The molecule has 1 atom stereocenters. The van der Waals surface area contributed by atoms with Crippen LogP contribution in [-0.4, -0.2) is 31.5 Å². The fourth-order valence-corrected chi connectivity index (χ4v) is 4.32. The highest BCUT2D eigenvalue weighted by atomic mass is 32.2. The zero-order valence-electron chi connectivity index (χ0n) is 12.2. The summed E-state index contributed by atoms with van der Waals surface area (Å²) in [5.41, 5.74) is 5.51. The molecule has 8 heteroatoms. The van der Waals surface area contributed by atoms with E-state index in [0.717, 1.165) is 6.20 Å². The maximum atomic E-state index is 13.1. The third-order valence-corrected chi connectivity index (χ3v) is 5.97. The Bertz CT molecular complexity index is 953. The second kappa shape index (κ2) is 4.90. The predicted molar refractivity (Wildman–Crippen MR) is 84.7 cm³/mol. The summed E-state index contributed by atoms with van der Waals surface area (Å²) in [5.74, 6) is -1.07. The molecule has 3 rings (SSSR count). The topological polar surface area (TPSA) is 110 Å². The smallest absolute Gasteiger partial charge is 0.338 e.